The Bertz CT molecular complexity index is 511. The molecule has 0 saturated carbocycles. The third-order valence-electron chi connectivity index (χ3n) is 2.16. The SMILES string of the molecule is Cc1[nH]c(=O)ccc1-c1cnoc1C. The summed E-state index contributed by atoms with van der Waals surface area (Å²) in [7, 11) is 0. The molecule has 14 heavy (non-hydrogen) atoms. The number of rotatable bonds is 1. The Morgan fingerprint density at radius 3 is 2.64 bits per heavy atom. The second kappa shape index (κ2) is 3.14. The number of aromatic nitrogens is 2. The summed E-state index contributed by atoms with van der Waals surface area (Å²) >= 11 is 0. The van der Waals surface area contributed by atoms with Gasteiger partial charge in [0.05, 0.1) is 6.20 Å². The summed E-state index contributed by atoms with van der Waals surface area (Å²) in [5, 5.41) is 3.69. The summed E-state index contributed by atoms with van der Waals surface area (Å²) in [4.78, 5) is 13.7. The average Bonchev–Trinajstić information content (AvgIpc) is 2.52. The van der Waals surface area contributed by atoms with Crippen LogP contribution in [0.25, 0.3) is 11.1 Å². The zero-order chi connectivity index (χ0) is 10.1. The van der Waals surface area contributed by atoms with Crippen molar-refractivity contribution in [3.63, 3.8) is 0 Å². The van der Waals surface area contributed by atoms with E-state index in [4.69, 9.17) is 4.52 Å². The fraction of sp³-hybridized carbons (Fsp3) is 0.200. The van der Waals surface area contributed by atoms with Crippen molar-refractivity contribution < 1.29 is 4.52 Å². The van der Waals surface area contributed by atoms with E-state index in [-0.39, 0.29) is 5.56 Å². The molecule has 0 unspecified atom stereocenters. The van der Waals surface area contributed by atoms with E-state index in [1.807, 2.05) is 13.8 Å². The van der Waals surface area contributed by atoms with Crippen molar-refractivity contribution in [3.8, 4) is 11.1 Å². The smallest absolute Gasteiger partial charge is 0.248 e. The Morgan fingerprint density at radius 2 is 2.07 bits per heavy atom. The minimum absolute atomic E-state index is 0.0969. The highest BCUT2D eigenvalue weighted by atomic mass is 16.5. The van der Waals surface area contributed by atoms with Crippen LogP contribution < -0.4 is 5.56 Å². The Hall–Kier alpha value is -1.84. The molecule has 0 spiro atoms. The van der Waals surface area contributed by atoms with Crippen LogP contribution in [0.4, 0.5) is 0 Å². The fourth-order valence-electron chi connectivity index (χ4n) is 1.43. The van der Waals surface area contributed by atoms with E-state index >= 15 is 0 Å². The lowest BCUT2D eigenvalue weighted by Crippen LogP contribution is -2.05. The maximum atomic E-state index is 11.0. The van der Waals surface area contributed by atoms with Gasteiger partial charge in [0.25, 0.3) is 0 Å². The molecule has 2 aromatic rings. The van der Waals surface area contributed by atoms with Gasteiger partial charge in [-0.2, -0.15) is 0 Å². The minimum atomic E-state index is -0.0969. The van der Waals surface area contributed by atoms with E-state index in [0.29, 0.717) is 0 Å². The molecule has 0 fully saturated rings. The van der Waals surface area contributed by atoms with Crippen LogP contribution in [0.3, 0.4) is 0 Å². The van der Waals surface area contributed by atoms with Crippen molar-refractivity contribution in [1.82, 2.24) is 10.1 Å². The third kappa shape index (κ3) is 1.35. The van der Waals surface area contributed by atoms with Gasteiger partial charge in [-0.05, 0) is 19.9 Å². The summed E-state index contributed by atoms with van der Waals surface area (Å²) in [6.07, 6.45) is 1.65. The predicted octanol–water partition coefficient (Wildman–Crippen LogP) is 1.65. The maximum absolute atomic E-state index is 11.0. The first kappa shape index (κ1) is 8.74. The predicted molar refractivity (Wildman–Crippen MR) is 52.0 cm³/mol. The van der Waals surface area contributed by atoms with Crippen LogP contribution in [0, 0.1) is 13.8 Å². The van der Waals surface area contributed by atoms with Gasteiger partial charge in [-0.25, -0.2) is 0 Å². The molecule has 0 aliphatic rings. The first-order chi connectivity index (χ1) is 6.68. The zero-order valence-electron chi connectivity index (χ0n) is 8.00. The molecule has 0 aliphatic carbocycles. The van der Waals surface area contributed by atoms with Gasteiger partial charge in [-0.1, -0.05) is 5.16 Å². The van der Waals surface area contributed by atoms with E-state index < -0.39 is 0 Å². The monoisotopic (exact) mass is 190 g/mol. The van der Waals surface area contributed by atoms with Gasteiger partial charge in [0.2, 0.25) is 5.56 Å². The van der Waals surface area contributed by atoms with Crippen molar-refractivity contribution in [1.29, 1.82) is 0 Å². The number of nitrogens with zero attached hydrogens (tertiary/aromatic N) is 1. The summed E-state index contributed by atoms with van der Waals surface area (Å²) in [6, 6.07) is 3.27. The van der Waals surface area contributed by atoms with Gasteiger partial charge in [0.1, 0.15) is 5.76 Å². The maximum Gasteiger partial charge on any atom is 0.248 e. The summed E-state index contributed by atoms with van der Waals surface area (Å²) in [5.74, 6) is 0.750. The quantitative estimate of drug-likeness (QED) is 0.743. The number of hydrogen-bond donors (Lipinski definition) is 1. The normalized spacial score (nSPS) is 10.4. The molecule has 1 N–H and O–H groups in total. The molecule has 0 aliphatic heterocycles. The highest BCUT2D eigenvalue weighted by Crippen LogP contribution is 2.23. The number of hydrogen-bond acceptors (Lipinski definition) is 3. The van der Waals surface area contributed by atoms with Crippen LogP contribution >= 0.6 is 0 Å². The lowest BCUT2D eigenvalue weighted by atomic mass is 10.1. The zero-order valence-corrected chi connectivity index (χ0v) is 8.00. The van der Waals surface area contributed by atoms with Crippen molar-refractivity contribution >= 4 is 0 Å². The van der Waals surface area contributed by atoms with E-state index in [9.17, 15) is 4.79 Å². The Labute approximate surface area is 80.6 Å². The molecule has 0 amide bonds. The standard InChI is InChI=1S/C10H10N2O2/c1-6-8(3-4-10(13)12-6)9-5-11-14-7(9)2/h3-5H,1-2H3,(H,12,13). The number of aryl methyl sites for hydroxylation is 2. The summed E-state index contributed by atoms with van der Waals surface area (Å²) in [6.45, 7) is 3.69. The van der Waals surface area contributed by atoms with Crippen LogP contribution in [0.15, 0.2) is 27.6 Å². The molecular weight excluding hydrogens is 180 g/mol. The molecule has 72 valence electrons. The second-order valence-electron chi connectivity index (χ2n) is 3.16. The molecule has 4 nitrogen and oxygen atoms in total. The van der Waals surface area contributed by atoms with Crippen molar-refractivity contribution in [2.75, 3.05) is 0 Å². The van der Waals surface area contributed by atoms with E-state index in [2.05, 4.69) is 10.1 Å². The Kier molecular flexibility index (Phi) is 1.96. The minimum Gasteiger partial charge on any atom is -0.361 e. The van der Waals surface area contributed by atoms with Crippen LogP contribution in [-0.2, 0) is 0 Å². The molecule has 0 saturated heterocycles. The molecular formula is C10H10N2O2. The molecule has 4 heteroatoms. The molecule has 2 rings (SSSR count). The largest absolute Gasteiger partial charge is 0.361 e. The summed E-state index contributed by atoms with van der Waals surface area (Å²) in [5.41, 5.74) is 2.59. The van der Waals surface area contributed by atoms with Gasteiger partial charge in [-0.3, -0.25) is 4.79 Å². The molecule has 2 aromatic heterocycles. The first-order valence-corrected chi connectivity index (χ1v) is 4.30. The third-order valence-corrected chi connectivity index (χ3v) is 2.16. The van der Waals surface area contributed by atoms with Crippen LogP contribution in [0.5, 0.6) is 0 Å². The lowest BCUT2D eigenvalue weighted by molar-refractivity contribution is 0.398. The molecule has 2 heterocycles. The topological polar surface area (TPSA) is 58.9 Å². The number of aromatic amines is 1. The Morgan fingerprint density at radius 1 is 1.29 bits per heavy atom. The van der Waals surface area contributed by atoms with Crippen LogP contribution in [-0.4, -0.2) is 10.1 Å². The second-order valence-corrected chi connectivity index (χ2v) is 3.16. The van der Waals surface area contributed by atoms with Gasteiger partial charge >= 0.3 is 0 Å². The van der Waals surface area contributed by atoms with E-state index in [1.165, 1.54) is 6.07 Å². The van der Waals surface area contributed by atoms with Crippen LogP contribution in [0.1, 0.15) is 11.5 Å². The average molecular weight is 190 g/mol. The number of nitrogens with one attached hydrogen (secondary N) is 1. The Balaban J connectivity index is 2.63. The first-order valence-electron chi connectivity index (χ1n) is 4.30. The van der Waals surface area contributed by atoms with E-state index in [1.54, 1.807) is 12.3 Å². The molecule has 0 bridgehead atoms. The van der Waals surface area contributed by atoms with Crippen molar-refractivity contribution in [2.24, 2.45) is 0 Å². The van der Waals surface area contributed by atoms with Crippen molar-refractivity contribution in [2.45, 2.75) is 13.8 Å². The lowest BCUT2D eigenvalue weighted by Gasteiger charge is -2.01. The fourth-order valence-corrected chi connectivity index (χ4v) is 1.43. The van der Waals surface area contributed by atoms with Gasteiger partial charge in [-0.15, -0.1) is 0 Å². The molecule has 0 aromatic carbocycles. The highest BCUT2D eigenvalue weighted by Gasteiger charge is 2.08. The number of H-pyrrole nitrogens is 1. The van der Waals surface area contributed by atoms with E-state index in [0.717, 1.165) is 22.6 Å². The van der Waals surface area contributed by atoms with Gasteiger partial charge < -0.3 is 9.51 Å². The molecule has 0 atom stereocenters. The van der Waals surface area contributed by atoms with Gasteiger partial charge in [0.15, 0.2) is 0 Å². The summed E-state index contributed by atoms with van der Waals surface area (Å²) < 4.78 is 4.96. The van der Waals surface area contributed by atoms with Crippen molar-refractivity contribution in [3.05, 3.63) is 40.1 Å². The molecule has 0 radical (unpaired) electrons. The number of pyridine rings is 1. The van der Waals surface area contributed by atoms with Gasteiger partial charge in [0, 0.05) is 22.9 Å². The highest BCUT2D eigenvalue weighted by molar-refractivity contribution is 5.66. The van der Waals surface area contributed by atoms with Crippen LogP contribution in [0.2, 0.25) is 0 Å².